The Morgan fingerprint density at radius 2 is 2.00 bits per heavy atom. The summed E-state index contributed by atoms with van der Waals surface area (Å²) in [5, 5.41) is 20.5. The van der Waals surface area contributed by atoms with Crippen molar-refractivity contribution in [3.05, 3.63) is 23.8 Å². The second-order valence-corrected chi connectivity index (χ2v) is 7.14. The highest BCUT2D eigenvalue weighted by molar-refractivity contribution is 5.83. The first-order valence-corrected chi connectivity index (χ1v) is 8.61. The van der Waals surface area contributed by atoms with Crippen LogP contribution < -0.4 is 4.74 Å². The molecule has 0 aliphatic carbocycles. The largest absolute Gasteiger partial charge is 0.504 e. The van der Waals surface area contributed by atoms with Gasteiger partial charge in [-0.1, -0.05) is 13.0 Å². The summed E-state index contributed by atoms with van der Waals surface area (Å²) >= 11 is 0. The van der Waals surface area contributed by atoms with E-state index in [1.54, 1.807) is 24.0 Å². The maximum absolute atomic E-state index is 12.6. The molecule has 7 heteroatoms. The lowest BCUT2D eigenvalue weighted by Crippen LogP contribution is -2.41. The van der Waals surface area contributed by atoms with E-state index in [-0.39, 0.29) is 17.6 Å². The number of likely N-dealkylation sites (tertiary alicyclic amines) is 1. The number of methoxy groups -OCH3 is 1. The average Bonchev–Trinajstić information content (AvgIpc) is 2.92. The third kappa shape index (κ3) is 3.77. The molecule has 7 nitrogen and oxygen atoms in total. The summed E-state index contributed by atoms with van der Waals surface area (Å²) < 4.78 is 10.1. The van der Waals surface area contributed by atoms with Crippen molar-refractivity contribution in [3.63, 3.8) is 0 Å². The maximum atomic E-state index is 12.6. The topological polar surface area (TPSA) is 96.3 Å². The van der Waals surface area contributed by atoms with E-state index in [0.717, 1.165) is 5.56 Å². The third-order valence-corrected chi connectivity index (χ3v) is 5.29. The van der Waals surface area contributed by atoms with E-state index in [9.17, 15) is 19.8 Å². The number of phenols is 1. The molecule has 1 heterocycles. The van der Waals surface area contributed by atoms with Gasteiger partial charge in [0.1, 0.15) is 0 Å². The van der Waals surface area contributed by atoms with E-state index in [1.165, 1.54) is 21.0 Å². The van der Waals surface area contributed by atoms with Gasteiger partial charge in [0.15, 0.2) is 17.6 Å². The number of esters is 1. The fraction of sp³-hybridized carbons (Fsp3) is 0.579. The molecule has 1 saturated heterocycles. The number of carbonyl (C=O) groups is 2. The Balaban J connectivity index is 2.31. The first-order chi connectivity index (χ1) is 12.1. The fourth-order valence-electron chi connectivity index (χ4n) is 3.57. The van der Waals surface area contributed by atoms with Crippen molar-refractivity contribution in [2.24, 2.45) is 5.41 Å². The molecule has 1 amide bonds. The van der Waals surface area contributed by atoms with Crippen LogP contribution in [0.15, 0.2) is 18.2 Å². The van der Waals surface area contributed by atoms with Crippen molar-refractivity contribution in [3.8, 4) is 11.5 Å². The summed E-state index contributed by atoms with van der Waals surface area (Å²) in [6.07, 6.45) is -1.56. The first-order valence-electron chi connectivity index (χ1n) is 8.61. The zero-order chi connectivity index (χ0) is 19.6. The van der Waals surface area contributed by atoms with Crippen molar-refractivity contribution >= 4 is 11.9 Å². The molecular formula is C19H27NO6. The normalized spacial score (nSPS) is 24.8. The predicted octanol–water partition coefficient (Wildman–Crippen LogP) is 1.67. The molecule has 2 N–H and O–H groups in total. The van der Waals surface area contributed by atoms with E-state index in [4.69, 9.17) is 9.47 Å². The summed E-state index contributed by atoms with van der Waals surface area (Å²) in [4.78, 5) is 25.4. The molecule has 144 valence electrons. The Morgan fingerprint density at radius 1 is 1.35 bits per heavy atom. The fourth-order valence-corrected chi connectivity index (χ4v) is 3.57. The summed E-state index contributed by atoms with van der Waals surface area (Å²) in [7, 11) is 1.47. The molecule has 26 heavy (non-hydrogen) atoms. The Hall–Kier alpha value is -2.28. The smallest absolute Gasteiger partial charge is 0.303 e. The Bertz CT molecular complexity index is 689. The van der Waals surface area contributed by atoms with Crippen LogP contribution in [0.25, 0.3) is 0 Å². The van der Waals surface area contributed by atoms with Crippen molar-refractivity contribution in [2.45, 2.75) is 45.8 Å². The van der Waals surface area contributed by atoms with Gasteiger partial charge in [-0.25, -0.2) is 0 Å². The van der Waals surface area contributed by atoms with Crippen LogP contribution in [0.5, 0.6) is 11.5 Å². The third-order valence-electron chi connectivity index (χ3n) is 5.29. The van der Waals surface area contributed by atoms with Gasteiger partial charge in [-0.2, -0.15) is 0 Å². The molecule has 4 atom stereocenters. The predicted molar refractivity (Wildman–Crippen MR) is 95.0 cm³/mol. The monoisotopic (exact) mass is 365 g/mol. The minimum atomic E-state index is -0.881. The number of benzene rings is 1. The van der Waals surface area contributed by atoms with E-state index in [1.807, 2.05) is 13.0 Å². The molecule has 1 unspecified atom stereocenters. The summed E-state index contributed by atoms with van der Waals surface area (Å²) in [5.74, 6) is -0.627. The zero-order valence-electron chi connectivity index (χ0n) is 15.9. The van der Waals surface area contributed by atoms with E-state index < -0.39 is 23.6 Å². The minimum Gasteiger partial charge on any atom is -0.504 e. The second-order valence-electron chi connectivity index (χ2n) is 7.14. The van der Waals surface area contributed by atoms with Gasteiger partial charge >= 0.3 is 5.97 Å². The van der Waals surface area contributed by atoms with Crippen molar-refractivity contribution in [1.29, 1.82) is 0 Å². The van der Waals surface area contributed by atoms with Gasteiger partial charge in [0.2, 0.25) is 0 Å². The Labute approximate surface area is 153 Å². The van der Waals surface area contributed by atoms with Gasteiger partial charge in [-0.15, -0.1) is 0 Å². The average molecular weight is 365 g/mol. The second kappa shape index (κ2) is 7.53. The number of carbonyl (C=O) groups excluding carboxylic acids is 2. The van der Waals surface area contributed by atoms with Crippen molar-refractivity contribution < 1.29 is 29.3 Å². The summed E-state index contributed by atoms with van der Waals surface area (Å²) in [6.45, 7) is 7.09. The molecule has 0 spiro atoms. The number of hydrogen-bond donors (Lipinski definition) is 2. The number of phenolic OH excluding ortho intramolecular Hbond substituents is 1. The minimum absolute atomic E-state index is 0.0102. The van der Waals surface area contributed by atoms with E-state index in [2.05, 4.69) is 0 Å². The molecular weight excluding hydrogens is 338 g/mol. The Morgan fingerprint density at radius 3 is 2.50 bits per heavy atom. The first kappa shape index (κ1) is 20.0. The van der Waals surface area contributed by atoms with Crippen LogP contribution in [0.3, 0.4) is 0 Å². The molecule has 0 aromatic heterocycles. The Kier molecular flexibility index (Phi) is 5.81. The van der Waals surface area contributed by atoms with Gasteiger partial charge in [0.05, 0.1) is 13.2 Å². The standard InChI is InChI=1S/C19H27NO6/c1-11(26-13(3)22)18(24)20-9-15(19(4,10-20)12(2)21)14-6-7-17(25-5)16(23)8-14/h6-8,11-12,15,21,23H,9-10H2,1-5H3/t11?,12-,15+,19+/m1/s1. The number of aliphatic hydroxyl groups is 1. The van der Waals surface area contributed by atoms with Gasteiger partial charge in [-0.3, -0.25) is 9.59 Å². The number of amides is 1. The van der Waals surface area contributed by atoms with Gasteiger partial charge in [0.25, 0.3) is 5.91 Å². The van der Waals surface area contributed by atoms with Crippen molar-refractivity contribution in [1.82, 2.24) is 4.90 Å². The number of nitrogens with zero attached hydrogens (tertiary/aromatic N) is 1. The highest BCUT2D eigenvalue weighted by Gasteiger charge is 2.49. The molecule has 1 fully saturated rings. The molecule has 0 bridgehead atoms. The molecule has 0 radical (unpaired) electrons. The van der Waals surface area contributed by atoms with Crippen LogP contribution in [0, 0.1) is 5.41 Å². The number of aromatic hydroxyl groups is 1. The van der Waals surface area contributed by atoms with Crippen LogP contribution in [0.1, 0.15) is 39.2 Å². The van der Waals surface area contributed by atoms with Crippen molar-refractivity contribution in [2.75, 3.05) is 20.2 Å². The van der Waals surface area contributed by atoms with E-state index >= 15 is 0 Å². The van der Waals surface area contributed by atoms with Crippen LogP contribution in [-0.4, -0.2) is 59.4 Å². The quantitative estimate of drug-likeness (QED) is 0.771. The van der Waals surface area contributed by atoms with Gasteiger partial charge in [0, 0.05) is 31.3 Å². The lowest BCUT2D eigenvalue weighted by atomic mass is 9.72. The molecule has 1 aromatic rings. The van der Waals surface area contributed by atoms with Crippen LogP contribution in [-0.2, 0) is 14.3 Å². The van der Waals surface area contributed by atoms with Crippen LogP contribution >= 0.6 is 0 Å². The SMILES string of the molecule is COc1ccc([C@@H]2CN(C(=O)C(C)OC(C)=O)C[C@@]2(C)[C@@H](C)O)cc1O. The van der Waals surface area contributed by atoms with Crippen LogP contribution in [0.2, 0.25) is 0 Å². The number of hydrogen-bond acceptors (Lipinski definition) is 6. The lowest BCUT2D eigenvalue weighted by Gasteiger charge is -2.33. The molecule has 1 aliphatic heterocycles. The molecule has 1 aliphatic rings. The number of aliphatic hydroxyl groups excluding tert-OH is 1. The highest BCUT2D eigenvalue weighted by atomic mass is 16.5. The molecule has 2 rings (SSSR count). The van der Waals surface area contributed by atoms with Crippen LogP contribution in [0.4, 0.5) is 0 Å². The highest BCUT2D eigenvalue weighted by Crippen LogP contribution is 2.46. The maximum Gasteiger partial charge on any atom is 0.303 e. The summed E-state index contributed by atoms with van der Waals surface area (Å²) in [5.41, 5.74) is 0.203. The van der Waals surface area contributed by atoms with Gasteiger partial charge in [-0.05, 0) is 31.5 Å². The lowest BCUT2D eigenvalue weighted by molar-refractivity contribution is -0.157. The molecule has 1 aromatic carbocycles. The number of rotatable bonds is 5. The van der Waals surface area contributed by atoms with E-state index in [0.29, 0.717) is 18.8 Å². The van der Waals surface area contributed by atoms with Gasteiger partial charge < -0.3 is 24.6 Å². The summed E-state index contributed by atoms with van der Waals surface area (Å²) in [6, 6.07) is 5.10. The number of ether oxygens (including phenoxy) is 2. The zero-order valence-corrected chi connectivity index (χ0v) is 15.9. The molecule has 0 saturated carbocycles.